The first kappa shape index (κ1) is 11.9. The number of ether oxygens (including phenoxy) is 2. The zero-order chi connectivity index (χ0) is 12.3. The maximum absolute atomic E-state index is 11.6. The van der Waals surface area contributed by atoms with E-state index in [2.05, 4.69) is 4.98 Å². The Morgan fingerprint density at radius 3 is 3.24 bits per heavy atom. The third kappa shape index (κ3) is 2.41. The summed E-state index contributed by atoms with van der Waals surface area (Å²) >= 11 is 0. The molecule has 1 aromatic heterocycles. The second-order valence-electron chi connectivity index (χ2n) is 3.98. The van der Waals surface area contributed by atoms with Crippen molar-refractivity contribution in [3.63, 3.8) is 0 Å². The van der Waals surface area contributed by atoms with Crippen LogP contribution in [0.3, 0.4) is 0 Å². The van der Waals surface area contributed by atoms with Crippen molar-refractivity contribution in [2.75, 3.05) is 25.6 Å². The maximum atomic E-state index is 11.6. The molecule has 1 atom stereocenters. The lowest BCUT2D eigenvalue weighted by Crippen LogP contribution is -2.22. The number of imidazole rings is 1. The number of carbonyl (C=O) groups is 1. The molecule has 1 saturated heterocycles. The Morgan fingerprint density at radius 1 is 1.76 bits per heavy atom. The fourth-order valence-electron chi connectivity index (χ4n) is 1.96. The molecule has 0 aromatic carbocycles. The second-order valence-corrected chi connectivity index (χ2v) is 3.98. The monoisotopic (exact) mass is 239 g/mol. The highest BCUT2D eigenvalue weighted by atomic mass is 16.5. The molecule has 2 heterocycles. The topological polar surface area (TPSA) is 79.4 Å². The van der Waals surface area contributed by atoms with E-state index in [1.165, 1.54) is 0 Å². The molecule has 0 spiro atoms. The lowest BCUT2D eigenvalue weighted by Gasteiger charge is -2.24. The number of carbonyl (C=O) groups excluding carboxylic acids is 1. The third-order valence-corrected chi connectivity index (χ3v) is 2.83. The van der Waals surface area contributed by atoms with E-state index in [4.69, 9.17) is 15.2 Å². The van der Waals surface area contributed by atoms with Crippen LogP contribution in [0.5, 0.6) is 0 Å². The Kier molecular flexibility index (Phi) is 3.63. The number of rotatable bonds is 3. The second kappa shape index (κ2) is 5.18. The van der Waals surface area contributed by atoms with Gasteiger partial charge in [-0.05, 0) is 19.8 Å². The summed E-state index contributed by atoms with van der Waals surface area (Å²) in [5, 5.41) is 0. The van der Waals surface area contributed by atoms with Crippen molar-refractivity contribution >= 4 is 11.8 Å². The number of hydrogen-bond donors (Lipinski definition) is 1. The summed E-state index contributed by atoms with van der Waals surface area (Å²) in [6.45, 7) is 3.47. The highest BCUT2D eigenvalue weighted by Crippen LogP contribution is 2.24. The summed E-state index contributed by atoms with van der Waals surface area (Å²) in [5.74, 6) is -0.112. The van der Waals surface area contributed by atoms with Crippen LogP contribution in [0.25, 0.3) is 0 Å². The van der Waals surface area contributed by atoms with Crippen molar-refractivity contribution in [2.45, 2.75) is 25.8 Å². The molecule has 94 valence electrons. The van der Waals surface area contributed by atoms with Gasteiger partial charge < -0.3 is 19.8 Å². The lowest BCUT2D eigenvalue weighted by molar-refractivity contribution is 0.0519. The van der Waals surface area contributed by atoms with Crippen LogP contribution in [0.15, 0.2) is 6.33 Å². The van der Waals surface area contributed by atoms with Crippen molar-refractivity contribution in [3.05, 3.63) is 12.0 Å². The maximum Gasteiger partial charge on any atom is 0.360 e. The summed E-state index contributed by atoms with van der Waals surface area (Å²) < 4.78 is 12.1. The number of hydrogen-bond acceptors (Lipinski definition) is 5. The van der Waals surface area contributed by atoms with Gasteiger partial charge in [-0.15, -0.1) is 0 Å². The molecule has 0 bridgehead atoms. The number of aromatic nitrogens is 2. The van der Waals surface area contributed by atoms with Crippen molar-refractivity contribution in [3.8, 4) is 0 Å². The summed E-state index contributed by atoms with van der Waals surface area (Å²) in [4.78, 5) is 15.6. The summed E-state index contributed by atoms with van der Waals surface area (Å²) in [6, 6.07) is 0.166. The summed E-state index contributed by atoms with van der Waals surface area (Å²) in [6.07, 6.45) is 3.57. The highest BCUT2D eigenvalue weighted by molar-refractivity contribution is 5.92. The number of esters is 1. The van der Waals surface area contributed by atoms with E-state index >= 15 is 0 Å². The predicted molar refractivity (Wildman–Crippen MR) is 61.7 cm³/mol. The Morgan fingerprint density at radius 2 is 2.59 bits per heavy atom. The lowest BCUT2D eigenvalue weighted by atomic mass is 10.1. The summed E-state index contributed by atoms with van der Waals surface area (Å²) in [7, 11) is 0. The molecule has 1 aliphatic heterocycles. The average Bonchev–Trinajstić information content (AvgIpc) is 2.72. The van der Waals surface area contributed by atoms with Gasteiger partial charge in [0.1, 0.15) is 5.82 Å². The van der Waals surface area contributed by atoms with E-state index in [1.54, 1.807) is 17.8 Å². The Labute approximate surface area is 99.7 Å². The van der Waals surface area contributed by atoms with Gasteiger partial charge in [0.05, 0.1) is 25.6 Å². The van der Waals surface area contributed by atoms with Gasteiger partial charge >= 0.3 is 5.97 Å². The first-order valence-electron chi connectivity index (χ1n) is 5.81. The van der Waals surface area contributed by atoms with Gasteiger partial charge in [-0.2, -0.15) is 0 Å². The van der Waals surface area contributed by atoms with Crippen LogP contribution in [-0.2, 0) is 9.47 Å². The summed E-state index contributed by atoms with van der Waals surface area (Å²) in [5.41, 5.74) is 6.10. The molecule has 0 saturated carbocycles. The largest absolute Gasteiger partial charge is 0.461 e. The number of anilines is 1. The minimum Gasteiger partial charge on any atom is -0.461 e. The fourth-order valence-corrected chi connectivity index (χ4v) is 1.96. The Bertz CT molecular complexity index is 397. The van der Waals surface area contributed by atoms with Crippen LogP contribution in [-0.4, -0.2) is 35.3 Å². The zero-order valence-electron chi connectivity index (χ0n) is 9.89. The molecule has 6 heteroatoms. The fraction of sp³-hybridized carbons (Fsp3) is 0.636. The van der Waals surface area contributed by atoms with Crippen molar-refractivity contribution in [2.24, 2.45) is 0 Å². The first-order chi connectivity index (χ1) is 8.24. The third-order valence-electron chi connectivity index (χ3n) is 2.83. The van der Waals surface area contributed by atoms with E-state index in [9.17, 15) is 4.79 Å². The SMILES string of the molecule is CCOC(=O)c1ncn(C2CCCOC2)c1N. The van der Waals surface area contributed by atoms with Crippen molar-refractivity contribution < 1.29 is 14.3 Å². The smallest absolute Gasteiger partial charge is 0.360 e. The van der Waals surface area contributed by atoms with Crippen molar-refractivity contribution in [1.29, 1.82) is 0 Å². The van der Waals surface area contributed by atoms with Gasteiger partial charge in [0.2, 0.25) is 0 Å². The van der Waals surface area contributed by atoms with Crippen LogP contribution in [0.4, 0.5) is 5.82 Å². The van der Waals surface area contributed by atoms with Crippen molar-refractivity contribution in [1.82, 2.24) is 9.55 Å². The van der Waals surface area contributed by atoms with Gasteiger partial charge in [0.15, 0.2) is 5.69 Å². The van der Waals surface area contributed by atoms with Gasteiger partial charge in [0.25, 0.3) is 0 Å². The quantitative estimate of drug-likeness (QED) is 0.796. The molecule has 1 unspecified atom stereocenters. The number of nitrogen functional groups attached to an aromatic ring is 1. The molecule has 2 N–H and O–H groups in total. The standard InChI is InChI=1S/C11H17N3O3/c1-2-17-11(15)9-10(12)14(7-13-9)8-4-3-5-16-6-8/h7-8H,2-6,12H2,1H3. The molecule has 2 rings (SSSR count). The van der Waals surface area contributed by atoms with E-state index in [0.717, 1.165) is 19.4 Å². The van der Waals surface area contributed by atoms with Gasteiger partial charge in [-0.3, -0.25) is 0 Å². The molecule has 0 radical (unpaired) electrons. The predicted octanol–water partition coefficient (Wildman–Crippen LogP) is 0.993. The van der Waals surface area contributed by atoms with E-state index in [1.807, 2.05) is 0 Å². The van der Waals surface area contributed by atoms with Gasteiger partial charge in [-0.25, -0.2) is 9.78 Å². The molecule has 1 aliphatic rings. The molecule has 1 aromatic rings. The number of nitrogens with two attached hydrogens (primary N) is 1. The van der Waals surface area contributed by atoms with Crippen LogP contribution >= 0.6 is 0 Å². The highest BCUT2D eigenvalue weighted by Gasteiger charge is 2.22. The zero-order valence-corrected chi connectivity index (χ0v) is 9.89. The van der Waals surface area contributed by atoms with Crippen LogP contribution < -0.4 is 5.73 Å². The molecule has 0 aliphatic carbocycles. The molecular weight excluding hydrogens is 222 g/mol. The number of nitrogens with zero attached hydrogens (tertiary/aromatic N) is 2. The van der Waals surface area contributed by atoms with E-state index in [-0.39, 0.29) is 11.7 Å². The normalized spacial score (nSPS) is 20.2. The minimum atomic E-state index is -0.472. The van der Waals surface area contributed by atoms with E-state index in [0.29, 0.717) is 19.0 Å². The Hall–Kier alpha value is -1.56. The molecule has 6 nitrogen and oxygen atoms in total. The van der Waals surface area contributed by atoms with Gasteiger partial charge in [-0.1, -0.05) is 0 Å². The first-order valence-corrected chi connectivity index (χ1v) is 5.81. The Balaban J connectivity index is 2.16. The van der Waals surface area contributed by atoms with Crippen LogP contribution in [0.1, 0.15) is 36.3 Å². The minimum absolute atomic E-state index is 0.166. The average molecular weight is 239 g/mol. The molecule has 17 heavy (non-hydrogen) atoms. The van der Waals surface area contributed by atoms with Crippen LogP contribution in [0, 0.1) is 0 Å². The molecule has 0 amide bonds. The van der Waals surface area contributed by atoms with Gasteiger partial charge in [0, 0.05) is 6.61 Å². The molecule has 1 fully saturated rings. The van der Waals surface area contributed by atoms with E-state index < -0.39 is 5.97 Å². The van der Waals surface area contributed by atoms with Crippen LogP contribution in [0.2, 0.25) is 0 Å². The molecular formula is C11H17N3O3.